The smallest absolute Gasteiger partial charge is 0.255 e. The number of hydrogen-bond donors (Lipinski definition) is 1. The summed E-state index contributed by atoms with van der Waals surface area (Å²) in [6.07, 6.45) is 1.90. The molecule has 3 atom stereocenters. The quantitative estimate of drug-likeness (QED) is 0.531. The Kier molecular flexibility index (Phi) is 6.10. The second-order valence-corrected chi connectivity index (χ2v) is 11.0. The molecule has 0 aliphatic carbocycles. The highest BCUT2D eigenvalue weighted by Crippen LogP contribution is 2.49. The molecule has 2 fully saturated rings. The van der Waals surface area contributed by atoms with Gasteiger partial charge in [-0.05, 0) is 62.9 Å². The molecule has 0 spiro atoms. The van der Waals surface area contributed by atoms with Gasteiger partial charge in [0.2, 0.25) is 5.91 Å². The maximum atomic E-state index is 14.2. The van der Waals surface area contributed by atoms with Gasteiger partial charge in [0.25, 0.3) is 5.91 Å². The van der Waals surface area contributed by atoms with Crippen LogP contribution in [0.1, 0.15) is 56.4 Å². The maximum Gasteiger partial charge on any atom is 0.255 e. The van der Waals surface area contributed by atoms with Gasteiger partial charge in [0.05, 0.1) is 31.6 Å². The number of nitrogens with zero attached hydrogens (tertiary/aromatic N) is 2. The number of piperazine rings is 1. The molecule has 200 valence electrons. The Bertz CT molecular complexity index is 1390. The van der Waals surface area contributed by atoms with Crippen LogP contribution in [0.5, 0.6) is 11.5 Å². The molecule has 3 unspecified atom stereocenters. The lowest BCUT2D eigenvalue weighted by atomic mass is 9.76. The first-order valence-electron chi connectivity index (χ1n) is 13.5. The van der Waals surface area contributed by atoms with Crippen molar-refractivity contribution in [2.75, 3.05) is 33.4 Å². The van der Waals surface area contributed by atoms with Crippen molar-refractivity contribution < 1.29 is 23.8 Å². The van der Waals surface area contributed by atoms with Gasteiger partial charge >= 0.3 is 0 Å². The highest BCUT2D eigenvalue weighted by atomic mass is 16.5. The summed E-state index contributed by atoms with van der Waals surface area (Å²) >= 11 is 0. The van der Waals surface area contributed by atoms with Crippen molar-refractivity contribution in [3.05, 3.63) is 59.3 Å². The number of para-hydroxylation sites is 1. The molecule has 2 aromatic carbocycles. The molecule has 4 heterocycles. The molecule has 6 rings (SSSR count). The number of carbonyl (C=O) groups excluding carboxylic acids is 2. The average Bonchev–Trinajstić information content (AvgIpc) is 3.56. The second-order valence-electron chi connectivity index (χ2n) is 11.0. The Morgan fingerprint density at radius 1 is 1.16 bits per heavy atom. The lowest BCUT2D eigenvalue weighted by molar-refractivity contribution is -0.167. The van der Waals surface area contributed by atoms with Crippen LogP contribution < -0.4 is 9.47 Å². The number of nitrogens with one attached hydrogen (secondary N) is 1. The summed E-state index contributed by atoms with van der Waals surface area (Å²) < 4.78 is 17.4. The monoisotopic (exact) mass is 517 g/mol. The summed E-state index contributed by atoms with van der Waals surface area (Å²) in [5.74, 6) is 1.08. The van der Waals surface area contributed by atoms with Crippen molar-refractivity contribution in [2.45, 2.75) is 57.3 Å². The van der Waals surface area contributed by atoms with Crippen LogP contribution in [0.4, 0.5) is 0 Å². The van der Waals surface area contributed by atoms with E-state index in [1.165, 1.54) is 0 Å². The zero-order chi connectivity index (χ0) is 26.6. The van der Waals surface area contributed by atoms with E-state index in [9.17, 15) is 9.59 Å². The number of carbonyl (C=O) groups is 2. The fraction of sp³-hybridized carbons (Fsp3) is 0.467. The number of aromatic nitrogens is 1. The molecule has 8 nitrogen and oxygen atoms in total. The van der Waals surface area contributed by atoms with Crippen molar-refractivity contribution in [3.8, 4) is 11.5 Å². The van der Waals surface area contributed by atoms with E-state index in [1.54, 1.807) is 16.9 Å². The van der Waals surface area contributed by atoms with Gasteiger partial charge in [-0.2, -0.15) is 0 Å². The van der Waals surface area contributed by atoms with E-state index in [0.29, 0.717) is 31.2 Å². The largest absolute Gasteiger partial charge is 0.493 e. The van der Waals surface area contributed by atoms with Crippen LogP contribution in [0.15, 0.2) is 42.5 Å². The Hall–Kier alpha value is -3.52. The highest BCUT2D eigenvalue weighted by Gasteiger charge is 2.56. The second kappa shape index (κ2) is 9.34. The van der Waals surface area contributed by atoms with Crippen molar-refractivity contribution in [1.82, 2.24) is 14.8 Å². The molecule has 2 saturated heterocycles. The van der Waals surface area contributed by atoms with E-state index in [2.05, 4.69) is 11.1 Å². The third-order valence-electron chi connectivity index (χ3n) is 8.22. The molecule has 3 aliphatic heterocycles. The fourth-order valence-electron chi connectivity index (χ4n) is 6.41. The number of H-pyrrole nitrogens is 1. The van der Waals surface area contributed by atoms with Crippen LogP contribution in [-0.4, -0.2) is 72.2 Å². The summed E-state index contributed by atoms with van der Waals surface area (Å²) in [6.45, 7) is 7.48. The molecule has 1 N–H and O–H groups in total. The Labute approximate surface area is 222 Å². The Morgan fingerprint density at radius 2 is 1.97 bits per heavy atom. The molecule has 0 radical (unpaired) electrons. The summed E-state index contributed by atoms with van der Waals surface area (Å²) in [4.78, 5) is 34.9. The van der Waals surface area contributed by atoms with Crippen LogP contribution in [0.2, 0.25) is 0 Å². The van der Waals surface area contributed by atoms with Crippen LogP contribution in [0, 0.1) is 0 Å². The van der Waals surface area contributed by atoms with Gasteiger partial charge in [0.15, 0.2) is 17.0 Å². The number of fused-ring (bicyclic) bond motifs is 5. The highest BCUT2D eigenvalue weighted by molar-refractivity contribution is 6.01. The van der Waals surface area contributed by atoms with Crippen molar-refractivity contribution in [3.63, 3.8) is 0 Å². The van der Waals surface area contributed by atoms with Gasteiger partial charge in [-0.3, -0.25) is 9.59 Å². The zero-order valence-corrected chi connectivity index (χ0v) is 22.5. The minimum absolute atomic E-state index is 0.0138. The first kappa shape index (κ1) is 24.8. The van der Waals surface area contributed by atoms with Crippen LogP contribution in [0.3, 0.4) is 0 Å². The zero-order valence-electron chi connectivity index (χ0n) is 22.5. The maximum absolute atomic E-state index is 14.2. The van der Waals surface area contributed by atoms with E-state index in [1.807, 2.05) is 57.2 Å². The van der Waals surface area contributed by atoms with Gasteiger partial charge in [0, 0.05) is 36.5 Å². The van der Waals surface area contributed by atoms with Crippen molar-refractivity contribution >= 4 is 22.7 Å². The SMILES string of the molecule is COc1cc(C2CN3C(=O)CN(CC4CCCO4)C(=O)C3(C)c3[nH]c4ccccc4c32)ccc1OC(C)C. The average molecular weight is 518 g/mol. The third kappa shape index (κ3) is 3.85. The number of ether oxygens (including phenoxy) is 3. The molecular weight excluding hydrogens is 482 g/mol. The number of methoxy groups -OCH3 is 1. The lowest BCUT2D eigenvalue weighted by Gasteiger charge is -2.51. The standard InChI is InChI=1S/C30H35N3O5/c1-18(2)38-24-12-11-19(14-25(24)36-4)22-16-33-26(34)17-32(15-20-8-7-13-37-20)29(35)30(33,3)28-27(22)21-9-5-6-10-23(21)31-28/h5-6,9-12,14,18,20,22,31H,7-8,13,15-17H2,1-4H3. The molecule has 38 heavy (non-hydrogen) atoms. The topological polar surface area (TPSA) is 84.1 Å². The van der Waals surface area contributed by atoms with Crippen LogP contribution >= 0.6 is 0 Å². The molecule has 3 aromatic rings. The molecule has 0 saturated carbocycles. The first-order valence-corrected chi connectivity index (χ1v) is 13.5. The van der Waals surface area contributed by atoms with Gasteiger partial charge in [-0.25, -0.2) is 0 Å². The summed E-state index contributed by atoms with van der Waals surface area (Å²) in [7, 11) is 1.64. The van der Waals surface area contributed by atoms with E-state index < -0.39 is 5.54 Å². The minimum atomic E-state index is -1.12. The number of hydrogen-bond acceptors (Lipinski definition) is 5. The fourth-order valence-corrected chi connectivity index (χ4v) is 6.41. The normalized spacial score (nSPS) is 25.2. The summed E-state index contributed by atoms with van der Waals surface area (Å²) in [6, 6.07) is 14.1. The molecule has 1 aromatic heterocycles. The molecule has 2 amide bonds. The number of benzene rings is 2. The van der Waals surface area contributed by atoms with Gasteiger partial charge in [-0.15, -0.1) is 0 Å². The number of aromatic amines is 1. The van der Waals surface area contributed by atoms with E-state index >= 15 is 0 Å². The Balaban J connectivity index is 1.47. The van der Waals surface area contributed by atoms with Crippen molar-refractivity contribution in [1.29, 1.82) is 0 Å². The molecule has 8 heteroatoms. The minimum Gasteiger partial charge on any atom is -0.493 e. The molecular formula is C30H35N3O5. The summed E-state index contributed by atoms with van der Waals surface area (Å²) in [5, 5.41) is 1.06. The predicted octanol–water partition coefficient (Wildman–Crippen LogP) is 4.17. The first-order chi connectivity index (χ1) is 18.3. The van der Waals surface area contributed by atoms with E-state index in [4.69, 9.17) is 14.2 Å². The third-order valence-corrected chi connectivity index (χ3v) is 8.22. The van der Waals surface area contributed by atoms with Gasteiger partial charge in [0.1, 0.15) is 0 Å². The van der Waals surface area contributed by atoms with Crippen LogP contribution in [0.25, 0.3) is 10.9 Å². The lowest BCUT2D eigenvalue weighted by Crippen LogP contribution is -2.68. The molecule has 3 aliphatic rings. The van der Waals surface area contributed by atoms with Gasteiger partial charge < -0.3 is 29.0 Å². The number of amides is 2. The van der Waals surface area contributed by atoms with Crippen molar-refractivity contribution in [2.24, 2.45) is 0 Å². The van der Waals surface area contributed by atoms with E-state index in [-0.39, 0.29) is 36.5 Å². The van der Waals surface area contributed by atoms with E-state index in [0.717, 1.165) is 40.6 Å². The Morgan fingerprint density at radius 3 is 2.71 bits per heavy atom. The molecule has 0 bridgehead atoms. The van der Waals surface area contributed by atoms with Crippen LogP contribution in [-0.2, 0) is 19.9 Å². The number of rotatable bonds is 6. The predicted molar refractivity (Wildman–Crippen MR) is 144 cm³/mol. The summed E-state index contributed by atoms with van der Waals surface area (Å²) in [5.41, 5.74) is 2.68. The van der Waals surface area contributed by atoms with Gasteiger partial charge in [-0.1, -0.05) is 24.3 Å².